The van der Waals surface area contributed by atoms with Crippen LogP contribution in [0.25, 0.3) is 0 Å². The van der Waals surface area contributed by atoms with Gasteiger partial charge < -0.3 is 15.7 Å². The van der Waals surface area contributed by atoms with Gasteiger partial charge in [-0.2, -0.15) is 0 Å². The smallest absolute Gasteiger partial charge is 0.306 e. The Labute approximate surface area is 101 Å². The highest BCUT2D eigenvalue weighted by atomic mass is 16.4. The highest BCUT2D eigenvalue weighted by Crippen LogP contribution is 2.31. The van der Waals surface area contributed by atoms with Gasteiger partial charge in [-0.15, -0.1) is 6.42 Å². The van der Waals surface area contributed by atoms with Gasteiger partial charge in [0.25, 0.3) is 0 Å². The van der Waals surface area contributed by atoms with Crippen LogP contribution in [0.15, 0.2) is 0 Å². The van der Waals surface area contributed by atoms with E-state index in [0.717, 1.165) is 19.3 Å². The van der Waals surface area contributed by atoms with Crippen LogP contribution in [0.3, 0.4) is 0 Å². The molecule has 1 saturated carbocycles. The number of carboxylic acids is 1. The highest BCUT2D eigenvalue weighted by Gasteiger charge is 2.32. The van der Waals surface area contributed by atoms with Gasteiger partial charge in [-0.3, -0.25) is 9.59 Å². The quantitative estimate of drug-likeness (QED) is 0.561. The second-order valence-corrected chi connectivity index (χ2v) is 4.25. The predicted octanol–water partition coefficient (Wildman–Crippen LogP) is -0.174. The molecule has 2 unspecified atom stereocenters. The summed E-state index contributed by atoms with van der Waals surface area (Å²) >= 11 is 0. The Balaban J connectivity index is 2.20. The summed E-state index contributed by atoms with van der Waals surface area (Å²) in [5, 5.41) is 14.5. The van der Waals surface area contributed by atoms with E-state index < -0.39 is 5.97 Å². The van der Waals surface area contributed by atoms with Crippen molar-refractivity contribution in [1.29, 1.82) is 0 Å². The number of carbonyl (C=O) groups excluding carboxylic acids is 1. The molecule has 0 bridgehead atoms. The summed E-state index contributed by atoms with van der Waals surface area (Å²) in [6, 6.07) is 0. The van der Waals surface area contributed by atoms with Crippen LogP contribution in [-0.2, 0) is 9.59 Å². The van der Waals surface area contributed by atoms with Gasteiger partial charge in [0.2, 0.25) is 5.91 Å². The minimum atomic E-state index is -0.730. The van der Waals surface area contributed by atoms with Crippen molar-refractivity contribution in [2.45, 2.75) is 19.3 Å². The third kappa shape index (κ3) is 4.45. The molecule has 94 valence electrons. The van der Waals surface area contributed by atoms with E-state index in [1.807, 2.05) is 0 Å². The highest BCUT2D eigenvalue weighted by molar-refractivity contribution is 5.78. The second kappa shape index (κ2) is 6.92. The zero-order chi connectivity index (χ0) is 12.7. The largest absolute Gasteiger partial charge is 0.481 e. The molecule has 17 heavy (non-hydrogen) atoms. The standard InChI is InChI=1S/C12H18N2O3/c1-2-6-14-11(15)8-13-7-9-4-3-5-10(9)12(16)17/h1,9-10,13H,3-8H2,(H,14,15)(H,16,17). The molecule has 0 spiro atoms. The lowest BCUT2D eigenvalue weighted by molar-refractivity contribution is -0.142. The number of nitrogens with one attached hydrogen (secondary N) is 2. The van der Waals surface area contributed by atoms with Crippen molar-refractivity contribution >= 4 is 11.9 Å². The molecule has 0 heterocycles. The van der Waals surface area contributed by atoms with Crippen LogP contribution in [0.5, 0.6) is 0 Å². The Morgan fingerprint density at radius 1 is 1.41 bits per heavy atom. The van der Waals surface area contributed by atoms with E-state index in [-0.39, 0.29) is 30.8 Å². The molecule has 1 amide bonds. The fraction of sp³-hybridized carbons (Fsp3) is 0.667. The van der Waals surface area contributed by atoms with E-state index in [4.69, 9.17) is 11.5 Å². The lowest BCUT2D eigenvalue weighted by Gasteiger charge is -2.15. The predicted molar refractivity (Wildman–Crippen MR) is 63.2 cm³/mol. The maximum atomic E-state index is 11.2. The first-order valence-corrected chi connectivity index (χ1v) is 5.79. The molecule has 5 nitrogen and oxygen atoms in total. The maximum absolute atomic E-state index is 11.2. The van der Waals surface area contributed by atoms with Crippen LogP contribution in [0.4, 0.5) is 0 Å². The minimum absolute atomic E-state index is 0.132. The molecule has 1 aliphatic carbocycles. The number of carboxylic acid groups (broad SMARTS) is 1. The summed E-state index contributed by atoms with van der Waals surface area (Å²) in [5.41, 5.74) is 0. The summed E-state index contributed by atoms with van der Waals surface area (Å²) in [4.78, 5) is 22.1. The number of amides is 1. The summed E-state index contributed by atoms with van der Waals surface area (Å²) in [7, 11) is 0. The van der Waals surface area contributed by atoms with Crippen LogP contribution >= 0.6 is 0 Å². The molecule has 5 heteroatoms. The Morgan fingerprint density at radius 2 is 2.18 bits per heavy atom. The number of rotatable bonds is 6. The first-order chi connectivity index (χ1) is 8.15. The van der Waals surface area contributed by atoms with Crippen molar-refractivity contribution < 1.29 is 14.7 Å². The fourth-order valence-corrected chi connectivity index (χ4v) is 2.19. The number of aliphatic carboxylic acids is 1. The second-order valence-electron chi connectivity index (χ2n) is 4.25. The Hall–Kier alpha value is -1.54. The van der Waals surface area contributed by atoms with Gasteiger partial charge in [-0.1, -0.05) is 12.3 Å². The molecule has 0 saturated heterocycles. The van der Waals surface area contributed by atoms with Crippen molar-refractivity contribution in [3.63, 3.8) is 0 Å². The monoisotopic (exact) mass is 238 g/mol. The molecule has 0 radical (unpaired) electrons. The molecule has 0 aromatic heterocycles. The molecule has 0 aromatic carbocycles. The molecule has 1 fully saturated rings. The summed E-state index contributed by atoms with van der Waals surface area (Å²) in [5.74, 6) is 1.29. The number of hydrogen-bond donors (Lipinski definition) is 3. The van der Waals surface area contributed by atoms with Gasteiger partial charge in [-0.05, 0) is 25.3 Å². The first-order valence-electron chi connectivity index (χ1n) is 5.79. The number of hydrogen-bond acceptors (Lipinski definition) is 3. The van der Waals surface area contributed by atoms with E-state index in [1.165, 1.54) is 0 Å². The van der Waals surface area contributed by atoms with Crippen LogP contribution in [0, 0.1) is 24.2 Å². The van der Waals surface area contributed by atoms with Crippen molar-refractivity contribution in [3.05, 3.63) is 0 Å². The summed E-state index contributed by atoms with van der Waals surface area (Å²) in [6.45, 7) is 0.979. The van der Waals surface area contributed by atoms with Crippen LogP contribution in [0.1, 0.15) is 19.3 Å². The maximum Gasteiger partial charge on any atom is 0.306 e. The fourth-order valence-electron chi connectivity index (χ4n) is 2.19. The van der Waals surface area contributed by atoms with Crippen molar-refractivity contribution in [1.82, 2.24) is 10.6 Å². The minimum Gasteiger partial charge on any atom is -0.481 e. The van der Waals surface area contributed by atoms with Gasteiger partial charge >= 0.3 is 5.97 Å². The van der Waals surface area contributed by atoms with Gasteiger partial charge in [0.15, 0.2) is 0 Å². The molecular formula is C12H18N2O3. The molecule has 0 aliphatic heterocycles. The van der Waals surface area contributed by atoms with Crippen LogP contribution < -0.4 is 10.6 Å². The van der Waals surface area contributed by atoms with Crippen molar-refractivity contribution in [2.75, 3.05) is 19.6 Å². The van der Waals surface area contributed by atoms with Crippen LogP contribution in [0.2, 0.25) is 0 Å². The zero-order valence-corrected chi connectivity index (χ0v) is 9.74. The lowest BCUT2D eigenvalue weighted by atomic mass is 9.96. The molecular weight excluding hydrogens is 220 g/mol. The SMILES string of the molecule is C#CCNC(=O)CNCC1CCCC1C(=O)O. The first kappa shape index (κ1) is 13.5. The summed E-state index contributed by atoms with van der Waals surface area (Å²) in [6.07, 6.45) is 7.61. The molecule has 1 aliphatic rings. The Morgan fingerprint density at radius 3 is 2.82 bits per heavy atom. The third-order valence-corrected chi connectivity index (χ3v) is 3.06. The van der Waals surface area contributed by atoms with E-state index in [2.05, 4.69) is 16.6 Å². The van der Waals surface area contributed by atoms with Crippen molar-refractivity contribution in [3.8, 4) is 12.3 Å². The average molecular weight is 238 g/mol. The number of carbonyl (C=O) groups is 2. The third-order valence-electron chi connectivity index (χ3n) is 3.06. The average Bonchev–Trinajstić information content (AvgIpc) is 2.74. The summed E-state index contributed by atoms with van der Waals surface area (Å²) < 4.78 is 0. The van der Waals surface area contributed by atoms with E-state index in [1.54, 1.807) is 0 Å². The normalized spacial score (nSPS) is 23.0. The van der Waals surface area contributed by atoms with Gasteiger partial charge in [0, 0.05) is 0 Å². The lowest BCUT2D eigenvalue weighted by Crippen LogP contribution is -2.37. The van der Waals surface area contributed by atoms with E-state index >= 15 is 0 Å². The van der Waals surface area contributed by atoms with Crippen LogP contribution in [-0.4, -0.2) is 36.6 Å². The van der Waals surface area contributed by atoms with Gasteiger partial charge in [0.1, 0.15) is 0 Å². The Bertz CT molecular complexity index is 322. The molecule has 1 rings (SSSR count). The topological polar surface area (TPSA) is 78.4 Å². The van der Waals surface area contributed by atoms with Crippen molar-refractivity contribution in [2.24, 2.45) is 11.8 Å². The number of terminal acetylenes is 1. The molecule has 2 atom stereocenters. The van der Waals surface area contributed by atoms with Gasteiger partial charge in [0.05, 0.1) is 19.0 Å². The molecule has 0 aromatic rings. The van der Waals surface area contributed by atoms with Gasteiger partial charge in [-0.25, -0.2) is 0 Å². The van der Waals surface area contributed by atoms with E-state index in [9.17, 15) is 9.59 Å². The Kier molecular flexibility index (Phi) is 5.50. The molecule has 3 N–H and O–H groups in total. The zero-order valence-electron chi connectivity index (χ0n) is 9.74. The van der Waals surface area contributed by atoms with E-state index in [0.29, 0.717) is 6.54 Å².